The van der Waals surface area contributed by atoms with Gasteiger partial charge in [0.25, 0.3) is 5.69 Å². The molecule has 1 N–H and O–H groups in total. The Balaban J connectivity index is 3.19. The SMILES string of the molecule is CNc1cc(C(=O)OC)ccc1[N+](=O)[O-]. The summed E-state index contributed by atoms with van der Waals surface area (Å²) >= 11 is 0. The van der Waals surface area contributed by atoms with Crippen molar-refractivity contribution in [3.05, 3.63) is 33.9 Å². The van der Waals surface area contributed by atoms with Gasteiger partial charge in [-0.05, 0) is 12.1 Å². The number of carbonyl (C=O) groups excluding carboxylic acids is 1. The Morgan fingerprint density at radius 3 is 2.67 bits per heavy atom. The van der Waals surface area contributed by atoms with Crippen molar-refractivity contribution in [2.24, 2.45) is 0 Å². The van der Waals surface area contributed by atoms with Gasteiger partial charge in [0.1, 0.15) is 5.69 Å². The minimum Gasteiger partial charge on any atom is -0.465 e. The highest BCUT2D eigenvalue weighted by atomic mass is 16.6. The molecule has 0 bridgehead atoms. The number of nitro benzene ring substituents is 1. The quantitative estimate of drug-likeness (QED) is 0.463. The lowest BCUT2D eigenvalue weighted by molar-refractivity contribution is -0.383. The van der Waals surface area contributed by atoms with E-state index in [1.807, 2.05) is 0 Å². The highest BCUT2D eigenvalue weighted by molar-refractivity contribution is 5.91. The number of anilines is 1. The van der Waals surface area contributed by atoms with Gasteiger partial charge >= 0.3 is 5.97 Å². The molecule has 0 amide bonds. The van der Waals surface area contributed by atoms with E-state index in [0.29, 0.717) is 0 Å². The highest BCUT2D eigenvalue weighted by Crippen LogP contribution is 2.24. The fourth-order valence-electron chi connectivity index (χ4n) is 1.14. The van der Waals surface area contributed by atoms with Crippen LogP contribution in [0.5, 0.6) is 0 Å². The van der Waals surface area contributed by atoms with Crippen molar-refractivity contribution < 1.29 is 14.5 Å². The summed E-state index contributed by atoms with van der Waals surface area (Å²) in [7, 11) is 2.80. The Labute approximate surface area is 86.0 Å². The third-order valence-electron chi connectivity index (χ3n) is 1.88. The number of ether oxygens (including phenoxy) is 1. The van der Waals surface area contributed by atoms with Crippen LogP contribution in [0.25, 0.3) is 0 Å². The van der Waals surface area contributed by atoms with E-state index in [2.05, 4.69) is 10.1 Å². The molecule has 1 aromatic carbocycles. The number of benzene rings is 1. The molecule has 0 fully saturated rings. The average molecular weight is 210 g/mol. The molecule has 0 aliphatic rings. The summed E-state index contributed by atoms with van der Waals surface area (Å²) in [6.45, 7) is 0. The van der Waals surface area contributed by atoms with Crippen LogP contribution in [0.3, 0.4) is 0 Å². The molecule has 0 saturated heterocycles. The molecule has 0 radical (unpaired) electrons. The minimum absolute atomic E-state index is 0.0786. The largest absolute Gasteiger partial charge is 0.465 e. The summed E-state index contributed by atoms with van der Waals surface area (Å²) in [5.41, 5.74) is 0.473. The van der Waals surface area contributed by atoms with Crippen molar-refractivity contribution in [2.45, 2.75) is 0 Å². The predicted octanol–water partition coefficient (Wildman–Crippen LogP) is 1.42. The van der Waals surface area contributed by atoms with Gasteiger partial charge in [0.05, 0.1) is 17.6 Å². The van der Waals surface area contributed by atoms with Gasteiger partial charge in [-0.25, -0.2) is 4.79 Å². The number of nitro groups is 1. The first-order chi connectivity index (χ1) is 7.10. The van der Waals surface area contributed by atoms with Crippen LogP contribution < -0.4 is 5.32 Å². The number of hydrogen-bond donors (Lipinski definition) is 1. The first-order valence-corrected chi connectivity index (χ1v) is 4.14. The standard InChI is InChI=1S/C9H10N2O4/c1-10-7-5-6(9(12)15-2)3-4-8(7)11(13)14/h3-5,10H,1-2H3. The Morgan fingerprint density at radius 1 is 1.53 bits per heavy atom. The van der Waals surface area contributed by atoms with Gasteiger partial charge < -0.3 is 10.1 Å². The molecule has 15 heavy (non-hydrogen) atoms. The summed E-state index contributed by atoms with van der Waals surface area (Å²) in [4.78, 5) is 21.2. The van der Waals surface area contributed by atoms with Crippen molar-refractivity contribution in [3.8, 4) is 0 Å². The second kappa shape index (κ2) is 4.41. The number of hydrogen-bond acceptors (Lipinski definition) is 5. The molecule has 6 nitrogen and oxygen atoms in total. The Bertz CT molecular complexity index is 403. The zero-order valence-electron chi connectivity index (χ0n) is 8.31. The first kappa shape index (κ1) is 11.0. The van der Waals surface area contributed by atoms with E-state index in [-0.39, 0.29) is 16.9 Å². The zero-order chi connectivity index (χ0) is 11.4. The second-order valence-corrected chi connectivity index (χ2v) is 2.73. The second-order valence-electron chi connectivity index (χ2n) is 2.73. The molecule has 0 heterocycles. The van der Waals surface area contributed by atoms with Crippen molar-refractivity contribution in [3.63, 3.8) is 0 Å². The molecule has 80 valence electrons. The molecule has 0 atom stereocenters. The number of esters is 1. The van der Waals surface area contributed by atoms with Crippen LogP contribution in [0, 0.1) is 10.1 Å². The van der Waals surface area contributed by atoms with E-state index in [9.17, 15) is 14.9 Å². The summed E-state index contributed by atoms with van der Waals surface area (Å²) < 4.78 is 4.50. The van der Waals surface area contributed by atoms with E-state index < -0.39 is 10.9 Å². The molecular weight excluding hydrogens is 200 g/mol. The number of rotatable bonds is 3. The van der Waals surface area contributed by atoms with Crippen molar-refractivity contribution in [1.29, 1.82) is 0 Å². The lowest BCUT2D eigenvalue weighted by atomic mass is 10.1. The molecule has 6 heteroatoms. The third-order valence-corrected chi connectivity index (χ3v) is 1.88. The van der Waals surface area contributed by atoms with E-state index in [1.165, 1.54) is 25.3 Å². The summed E-state index contributed by atoms with van der Waals surface area (Å²) in [6.07, 6.45) is 0. The summed E-state index contributed by atoms with van der Waals surface area (Å²) in [5.74, 6) is -0.526. The van der Waals surface area contributed by atoms with Gasteiger partial charge in [0.2, 0.25) is 0 Å². The fraction of sp³-hybridized carbons (Fsp3) is 0.222. The average Bonchev–Trinajstić information content (AvgIpc) is 2.26. The molecule has 0 saturated carbocycles. The van der Waals surface area contributed by atoms with Crippen LogP contribution in [-0.2, 0) is 4.74 Å². The molecule has 0 aliphatic heterocycles. The van der Waals surface area contributed by atoms with E-state index in [0.717, 1.165) is 0 Å². The normalized spacial score (nSPS) is 9.47. The lowest BCUT2D eigenvalue weighted by Crippen LogP contribution is -2.03. The number of nitrogens with zero attached hydrogens (tertiary/aromatic N) is 1. The van der Waals surface area contributed by atoms with Gasteiger partial charge in [0, 0.05) is 13.1 Å². The van der Waals surface area contributed by atoms with Crippen LogP contribution in [0.15, 0.2) is 18.2 Å². The van der Waals surface area contributed by atoms with Crippen LogP contribution >= 0.6 is 0 Å². The van der Waals surface area contributed by atoms with Gasteiger partial charge in [0.15, 0.2) is 0 Å². The summed E-state index contributed by atoms with van der Waals surface area (Å²) in [5, 5.41) is 13.2. The van der Waals surface area contributed by atoms with Crippen LogP contribution in [0.4, 0.5) is 11.4 Å². The van der Waals surface area contributed by atoms with E-state index in [1.54, 1.807) is 7.05 Å². The van der Waals surface area contributed by atoms with Crippen LogP contribution in [0.1, 0.15) is 10.4 Å². The maximum Gasteiger partial charge on any atom is 0.337 e. The highest BCUT2D eigenvalue weighted by Gasteiger charge is 2.15. The molecule has 0 spiro atoms. The molecule has 1 aromatic rings. The smallest absolute Gasteiger partial charge is 0.337 e. The van der Waals surface area contributed by atoms with Crippen molar-refractivity contribution >= 4 is 17.3 Å². The lowest BCUT2D eigenvalue weighted by Gasteiger charge is -2.04. The summed E-state index contributed by atoms with van der Waals surface area (Å²) in [6, 6.07) is 3.99. The third kappa shape index (κ3) is 2.22. The monoisotopic (exact) mass is 210 g/mol. The van der Waals surface area contributed by atoms with Gasteiger partial charge in [-0.15, -0.1) is 0 Å². The van der Waals surface area contributed by atoms with Crippen molar-refractivity contribution in [1.82, 2.24) is 0 Å². The fourth-order valence-corrected chi connectivity index (χ4v) is 1.14. The Morgan fingerprint density at radius 2 is 2.20 bits per heavy atom. The number of methoxy groups -OCH3 is 1. The van der Waals surface area contributed by atoms with Gasteiger partial charge in [-0.2, -0.15) is 0 Å². The molecular formula is C9H10N2O4. The topological polar surface area (TPSA) is 81.5 Å². The maximum atomic E-state index is 11.1. The first-order valence-electron chi connectivity index (χ1n) is 4.14. The minimum atomic E-state index is -0.526. The van der Waals surface area contributed by atoms with Crippen LogP contribution in [0.2, 0.25) is 0 Å². The predicted molar refractivity (Wildman–Crippen MR) is 54.0 cm³/mol. The number of nitrogens with one attached hydrogen (secondary N) is 1. The molecule has 0 aromatic heterocycles. The molecule has 0 aliphatic carbocycles. The van der Waals surface area contributed by atoms with Crippen LogP contribution in [-0.4, -0.2) is 25.1 Å². The van der Waals surface area contributed by atoms with Gasteiger partial charge in [-0.1, -0.05) is 0 Å². The Kier molecular flexibility index (Phi) is 3.22. The van der Waals surface area contributed by atoms with E-state index >= 15 is 0 Å². The van der Waals surface area contributed by atoms with E-state index in [4.69, 9.17) is 0 Å². The zero-order valence-corrected chi connectivity index (χ0v) is 8.31. The molecule has 1 rings (SSSR count). The van der Waals surface area contributed by atoms with Gasteiger partial charge in [-0.3, -0.25) is 10.1 Å². The van der Waals surface area contributed by atoms with Crippen molar-refractivity contribution in [2.75, 3.05) is 19.5 Å². The number of carbonyl (C=O) groups is 1. The Hall–Kier alpha value is -2.11. The molecule has 0 unspecified atom stereocenters. The maximum absolute atomic E-state index is 11.1.